The molecule has 4 aromatic heterocycles. The molecule has 9 heteroatoms. The quantitative estimate of drug-likeness (QED) is 0.412. The van der Waals surface area contributed by atoms with E-state index in [1.807, 2.05) is 42.5 Å². The normalized spacial score (nSPS) is 19.1. The summed E-state index contributed by atoms with van der Waals surface area (Å²) >= 11 is 0. The standard InChI is InChI=1S/C25H20FN7O/c26-15-12-16-13-20(30-32(16)14-15)25-29-24(18-8-11-34-22-6-2-1-4-17(18)22)31-33(25)21-7-10-27-19-5-3-9-28-23(19)21/h1-7,9-10,13,15,18H,8,11-12,14H2. The van der Waals surface area contributed by atoms with E-state index in [9.17, 15) is 4.39 Å². The van der Waals surface area contributed by atoms with Gasteiger partial charge in [0.2, 0.25) is 0 Å². The van der Waals surface area contributed by atoms with Crippen LogP contribution >= 0.6 is 0 Å². The van der Waals surface area contributed by atoms with Crippen LogP contribution in [0, 0.1) is 0 Å². The Morgan fingerprint density at radius 3 is 2.88 bits per heavy atom. The molecule has 2 atom stereocenters. The fraction of sp³-hybridized carbons (Fsp3) is 0.240. The summed E-state index contributed by atoms with van der Waals surface area (Å²) in [5.74, 6) is 2.16. The predicted molar refractivity (Wildman–Crippen MR) is 123 cm³/mol. The summed E-state index contributed by atoms with van der Waals surface area (Å²) in [7, 11) is 0. The molecule has 0 saturated carbocycles. The molecular weight excluding hydrogens is 433 g/mol. The lowest BCUT2D eigenvalue weighted by Crippen LogP contribution is -2.16. The molecule has 2 unspecified atom stereocenters. The lowest BCUT2D eigenvalue weighted by Gasteiger charge is -2.23. The Balaban J connectivity index is 1.43. The van der Waals surface area contributed by atoms with Crippen molar-refractivity contribution in [3.63, 3.8) is 0 Å². The highest BCUT2D eigenvalue weighted by molar-refractivity contribution is 5.83. The summed E-state index contributed by atoms with van der Waals surface area (Å²) in [6.45, 7) is 0.866. The predicted octanol–water partition coefficient (Wildman–Crippen LogP) is 3.88. The molecule has 1 aromatic carbocycles. The topological polar surface area (TPSA) is 83.5 Å². The summed E-state index contributed by atoms with van der Waals surface area (Å²) in [5.41, 5.74) is 4.88. The Labute approximate surface area is 194 Å². The monoisotopic (exact) mass is 453 g/mol. The third-order valence-corrected chi connectivity index (χ3v) is 6.49. The van der Waals surface area contributed by atoms with Crippen LogP contribution in [-0.4, -0.2) is 47.3 Å². The largest absolute Gasteiger partial charge is 0.493 e. The van der Waals surface area contributed by atoms with Gasteiger partial charge in [0, 0.05) is 30.1 Å². The van der Waals surface area contributed by atoms with E-state index in [1.54, 1.807) is 21.8 Å². The van der Waals surface area contributed by atoms with Crippen LogP contribution in [0.5, 0.6) is 5.75 Å². The van der Waals surface area contributed by atoms with E-state index in [1.165, 1.54) is 0 Å². The number of alkyl halides is 1. The number of rotatable bonds is 3. The van der Waals surface area contributed by atoms with Crippen molar-refractivity contribution in [2.45, 2.75) is 31.5 Å². The van der Waals surface area contributed by atoms with Gasteiger partial charge >= 0.3 is 0 Å². The van der Waals surface area contributed by atoms with Gasteiger partial charge in [-0.3, -0.25) is 14.6 Å². The van der Waals surface area contributed by atoms with Crippen LogP contribution in [0.25, 0.3) is 28.2 Å². The highest BCUT2D eigenvalue weighted by Gasteiger charge is 2.30. The van der Waals surface area contributed by atoms with E-state index in [0.717, 1.165) is 40.1 Å². The molecule has 0 bridgehead atoms. The van der Waals surface area contributed by atoms with Gasteiger partial charge in [-0.15, -0.1) is 5.10 Å². The van der Waals surface area contributed by atoms with Crippen LogP contribution in [0.1, 0.15) is 29.4 Å². The van der Waals surface area contributed by atoms with Gasteiger partial charge < -0.3 is 4.74 Å². The number of para-hydroxylation sites is 1. The first-order valence-electron chi connectivity index (χ1n) is 11.3. The summed E-state index contributed by atoms with van der Waals surface area (Å²) in [6, 6.07) is 15.6. The van der Waals surface area contributed by atoms with Crippen LogP contribution in [0.3, 0.4) is 0 Å². The number of benzene rings is 1. The van der Waals surface area contributed by atoms with Crippen molar-refractivity contribution in [1.29, 1.82) is 0 Å². The van der Waals surface area contributed by atoms with Gasteiger partial charge in [0.05, 0.1) is 30.3 Å². The molecule has 0 N–H and O–H groups in total. The summed E-state index contributed by atoms with van der Waals surface area (Å²) in [5, 5.41) is 9.66. The maximum absolute atomic E-state index is 13.9. The van der Waals surface area contributed by atoms with Crippen LogP contribution in [0.2, 0.25) is 0 Å². The average Bonchev–Trinajstić information content (AvgIpc) is 3.56. The molecule has 8 nitrogen and oxygen atoms in total. The summed E-state index contributed by atoms with van der Waals surface area (Å²) in [6.07, 6.45) is 3.73. The molecule has 0 spiro atoms. The van der Waals surface area contributed by atoms with Crippen molar-refractivity contribution in [3.05, 3.63) is 78.0 Å². The Morgan fingerprint density at radius 1 is 1.00 bits per heavy atom. The number of pyridine rings is 2. The first-order valence-corrected chi connectivity index (χ1v) is 11.3. The fourth-order valence-corrected chi connectivity index (χ4v) is 4.92. The molecule has 2 aliphatic rings. The second kappa shape index (κ2) is 7.44. The van der Waals surface area contributed by atoms with Crippen LogP contribution in [0.4, 0.5) is 4.39 Å². The molecule has 0 radical (unpaired) electrons. The molecule has 6 heterocycles. The molecule has 0 fully saturated rings. The van der Waals surface area contributed by atoms with Crippen molar-refractivity contribution in [2.75, 3.05) is 6.61 Å². The van der Waals surface area contributed by atoms with Crippen LogP contribution < -0.4 is 4.74 Å². The lowest BCUT2D eigenvalue weighted by atomic mass is 9.92. The molecule has 7 rings (SSSR count). The Kier molecular flexibility index (Phi) is 4.23. The van der Waals surface area contributed by atoms with Gasteiger partial charge in [-0.25, -0.2) is 14.1 Å². The van der Waals surface area contributed by atoms with Gasteiger partial charge in [0.1, 0.15) is 23.1 Å². The average molecular weight is 453 g/mol. The second-order valence-corrected chi connectivity index (χ2v) is 8.64. The molecule has 34 heavy (non-hydrogen) atoms. The van der Waals surface area contributed by atoms with Gasteiger partial charge in [-0.05, 0) is 36.8 Å². The highest BCUT2D eigenvalue weighted by Crippen LogP contribution is 2.38. The molecular formula is C25H20FN7O. The van der Waals surface area contributed by atoms with Crippen molar-refractivity contribution >= 4 is 11.0 Å². The number of aromatic nitrogens is 7. The third kappa shape index (κ3) is 3.00. The first kappa shape index (κ1) is 19.3. The summed E-state index contributed by atoms with van der Waals surface area (Å²) in [4.78, 5) is 14.0. The minimum absolute atomic E-state index is 0.00399. The Morgan fingerprint density at radius 2 is 1.94 bits per heavy atom. The van der Waals surface area contributed by atoms with Crippen molar-refractivity contribution < 1.29 is 9.13 Å². The number of ether oxygens (including phenoxy) is 1. The number of fused-ring (bicyclic) bond motifs is 3. The van der Waals surface area contributed by atoms with Gasteiger partial charge in [-0.1, -0.05) is 18.2 Å². The van der Waals surface area contributed by atoms with Gasteiger partial charge in [0.25, 0.3) is 0 Å². The smallest absolute Gasteiger partial charge is 0.183 e. The fourth-order valence-electron chi connectivity index (χ4n) is 4.92. The van der Waals surface area contributed by atoms with E-state index < -0.39 is 6.17 Å². The zero-order valence-electron chi connectivity index (χ0n) is 18.2. The van der Waals surface area contributed by atoms with Crippen LogP contribution in [-0.2, 0) is 13.0 Å². The third-order valence-electron chi connectivity index (χ3n) is 6.49. The maximum atomic E-state index is 13.9. The minimum Gasteiger partial charge on any atom is -0.493 e. The molecule has 168 valence electrons. The van der Waals surface area contributed by atoms with Gasteiger partial charge in [-0.2, -0.15) is 5.10 Å². The maximum Gasteiger partial charge on any atom is 0.183 e. The SMILES string of the molecule is FC1Cc2cc(-c3nc(C4CCOc5ccccc54)nn3-c3ccnc4cccnc34)nn2C1. The van der Waals surface area contributed by atoms with Crippen molar-refractivity contribution in [3.8, 4) is 23.0 Å². The van der Waals surface area contributed by atoms with E-state index in [4.69, 9.17) is 14.8 Å². The van der Waals surface area contributed by atoms with Gasteiger partial charge in [0.15, 0.2) is 11.6 Å². The first-order chi connectivity index (χ1) is 16.7. The zero-order valence-corrected chi connectivity index (χ0v) is 18.2. The van der Waals surface area contributed by atoms with Crippen molar-refractivity contribution in [2.24, 2.45) is 0 Å². The summed E-state index contributed by atoms with van der Waals surface area (Å²) < 4.78 is 23.3. The van der Waals surface area contributed by atoms with E-state index >= 15 is 0 Å². The molecule has 5 aromatic rings. The van der Waals surface area contributed by atoms with E-state index in [2.05, 4.69) is 21.1 Å². The van der Waals surface area contributed by atoms with E-state index in [-0.39, 0.29) is 12.5 Å². The lowest BCUT2D eigenvalue weighted by molar-refractivity contribution is 0.274. The number of hydrogen-bond donors (Lipinski definition) is 0. The van der Waals surface area contributed by atoms with Crippen molar-refractivity contribution in [1.82, 2.24) is 34.5 Å². The molecule has 2 aliphatic heterocycles. The Hall–Kier alpha value is -4.14. The Bertz CT molecular complexity index is 1510. The number of hydrogen-bond acceptors (Lipinski definition) is 6. The molecule has 0 amide bonds. The second-order valence-electron chi connectivity index (χ2n) is 8.64. The number of nitrogens with zero attached hydrogens (tertiary/aromatic N) is 7. The zero-order chi connectivity index (χ0) is 22.6. The highest BCUT2D eigenvalue weighted by atomic mass is 19.1. The molecule has 0 aliphatic carbocycles. The number of halogens is 1. The van der Waals surface area contributed by atoms with E-state index in [0.29, 0.717) is 30.4 Å². The minimum atomic E-state index is -0.892. The molecule has 0 saturated heterocycles. The van der Waals surface area contributed by atoms with Crippen LogP contribution in [0.15, 0.2) is 60.9 Å².